The Hall–Kier alpha value is -1.68. The molecule has 0 amide bonds. The first-order chi connectivity index (χ1) is 7.99. The highest BCUT2D eigenvalue weighted by Crippen LogP contribution is 2.31. The predicted molar refractivity (Wildman–Crippen MR) is 56.8 cm³/mol. The van der Waals surface area contributed by atoms with E-state index in [0.717, 1.165) is 6.07 Å². The second kappa shape index (κ2) is 5.59. The molecule has 0 bridgehead atoms. The molecule has 17 heavy (non-hydrogen) atoms. The molecule has 0 N–H and O–H groups in total. The molecule has 0 atom stereocenters. The number of benzene rings is 1. The molecule has 0 aliphatic carbocycles. The van der Waals surface area contributed by atoms with Gasteiger partial charge in [-0.1, -0.05) is 0 Å². The van der Waals surface area contributed by atoms with Gasteiger partial charge in [-0.05, 0) is 28.1 Å². The van der Waals surface area contributed by atoms with Crippen LogP contribution in [-0.4, -0.2) is 19.7 Å². The summed E-state index contributed by atoms with van der Waals surface area (Å²) in [4.78, 5) is 11.2. The summed E-state index contributed by atoms with van der Waals surface area (Å²) < 4.78 is 32.9. The van der Waals surface area contributed by atoms with Crippen molar-refractivity contribution in [1.29, 1.82) is 5.26 Å². The zero-order chi connectivity index (χ0) is 13.0. The van der Waals surface area contributed by atoms with Crippen molar-refractivity contribution >= 4 is 21.9 Å². The van der Waals surface area contributed by atoms with E-state index in [1.54, 1.807) is 6.07 Å². The van der Waals surface area contributed by atoms with Crippen molar-refractivity contribution < 1.29 is 23.0 Å². The Morgan fingerprint density at radius 2 is 2.18 bits per heavy atom. The fourth-order valence-electron chi connectivity index (χ4n) is 1.12. The van der Waals surface area contributed by atoms with Crippen LogP contribution in [0.4, 0.5) is 8.78 Å². The minimum absolute atomic E-state index is 0.0672. The Labute approximate surface area is 104 Å². The van der Waals surface area contributed by atoms with Crippen molar-refractivity contribution in [2.45, 2.75) is 6.61 Å². The minimum atomic E-state index is -3.05. The van der Waals surface area contributed by atoms with E-state index in [1.165, 1.54) is 13.2 Å². The largest absolute Gasteiger partial charge is 0.465 e. The van der Waals surface area contributed by atoms with Crippen LogP contribution in [0.3, 0.4) is 0 Å². The number of ether oxygens (including phenoxy) is 2. The number of nitrogens with zero attached hydrogens (tertiary/aromatic N) is 1. The van der Waals surface area contributed by atoms with E-state index in [0.29, 0.717) is 0 Å². The van der Waals surface area contributed by atoms with Crippen LogP contribution in [0.2, 0.25) is 0 Å². The lowest BCUT2D eigenvalue weighted by Gasteiger charge is -2.10. The van der Waals surface area contributed by atoms with Crippen LogP contribution in [0.15, 0.2) is 16.6 Å². The highest BCUT2D eigenvalue weighted by molar-refractivity contribution is 9.10. The van der Waals surface area contributed by atoms with Gasteiger partial charge in [-0.15, -0.1) is 0 Å². The maximum absolute atomic E-state index is 12.1. The fraction of sp³-hybridized carbons (Fsp3) is 0.200. The molecule has 4 nitrogen and oxygen atoms in total. The Balaban J connectivity index is 3.27. The zero-order valence-corrected chi connectivity index (χ0v) is 10.1. The molecule has 1 aromatic carbocycles. The van der Waals surface area contributed by atoms with Gasteiger partial charge in [0.15, 0.2) is 5.75 Å². The van der Waals surface area contributed by atoms with E-state index in [-0.39, 0.29) is 21.3 Å². The average molecular weight is 306 g/mol. The van der Waals surface area contributed by atoms with Gasteiger partial charge < -0.3 is 9.47 Å². The van der Waals surface area contributed by atoms with Gasteiger partial charge in [0, 0.05) is 0 Å². The molecule has 0 heterocycles. The van der Waals surface area contributed by atoms with E-state index in [1.807, 2.05) is 0 Å². The molecule has 1 aromatic rings. The molecule has 90 valence electrons. The van der Waals surface area contributed by atoms with Crippen LogP contribution >= 0.6 is 15.9 Å². The maximum Gasteiger partial charge on any atom is 0.387 e. The average Bonchev–Trinajstić information content (AvgIpc) is 2.29. The van der Waals surface area contributed by atoms with E-state index in [9.17, 15) is 13.6 Å². The van der Waals surface area contributed by atoms with Crippen molar-refractivity contribution in [1.82, 2.24) is 0 Å². The number of alkyl halides is 2. The third-order valence-electron chi connectivity index (χ3n) is 1.79. The highest BCUT2D eigenvalue weighted by atomic mass is 79.9. The molecule has 0 aliphatic heterocycles. The van der Waals surface area contributed by atoms with E-state index in [4.69, 9.17) is 5.26 Å². The molecule has 0 fully saturated rings. The molecule has 0 spiro atoms. The third kappa shape index (κ3) is 3.14. The van der Waals surface area contributed by atoms with Crippen LogP contribution in [0.25, 0.3) is 0 Å². The van der Waals surface area contributed by atoms with Crippen LogP contribution in [0.5, 0.6) is 5.75 Å². The standard InChI is InChI=1S/C10H6BrF2NO3/c1-16-9(15)5-2-6(4-14)8(7(11)3-5)17-10(12)13/h2-3,10H,1H3. The number of nitriles is 1. The number of carbonyl (C=O) groups excluding carboxylic acids is 1. The summed E-state index contributed by atoms with van der Waals surface area (Å²) in [5.41, 5.74) is -0.113. The van der Waals surface area contributed by atoms with Gasteiger partial charge in [0.05, 0.1) is 22.7 Å². The predicted octanol–water partition coefficient (Wildman–Crippen LogP) is 2.71. The van der Waals surface area contributed by atoms with Crippen LogP contribution in [0, 0.1) is 11.3 Å². The lowest BCUT2D eigenvalue weighted by atomic mass is 10.1. The lowest BCUT2D eigenvalue weighted by Crippen LogP contribution is -2.07. The molecule has 0 aliphatic rings. The highest BCUT2D eigenvalue weighted by Gasteiger charge is 2.17. The van der Waals surface area contributed by atoms with Crippen LogP contribution in [-0.2, 0) is 4.74 Å². The Morgan fingerprint density at radius 3 is 2.65 bits per heavy atom. The quantitative estimate of drug-likeness (QED) is 0.806. The van der Waals surface area contributed by atoms with Crippen LogP contribution in [0.1, 0.15) is 15.9 Å². The summed E-state index contributed by atoms with van der Waals surface area (Å²) in [6, 6.07) is 4.02. The molecule has 0 saturated carbocycles. The van der Waals surface area contributed by atoms with Gasteiger partial charge in [0.1, 0.15) is 6.07 Å². The first-order valence-corrected chi connectivity index (χ1v) is 5.05. The molecule has 0 radical (unpaired) electrons. The summed E-state index contributed by atoms with van der Waals surface area (Å²) in [6.07, 6.45) is 0. The summed E-state index contributed by atoms with van der Waals surface area (Å²) in [5.74, 6) is -0.985. The van der Waals surface area contributed by atoms with E-state index >= 15 is 0 Å². The molecule has 0 saturated heterocycles. The van der Waals surface area contributed by atoms with E-state index in [2.05, 4.69) is 25.4 Å². The number of methoxy groups -OCH3 is 1. The Kier molecular flexibility index (Phi) is 4.40. The van der Waals surface area contributed by atoms with Crippen molar-refractivity contribution in [2.24, 2.45) is 0 Å². The van der Waals surface area contributed by atoms with E-state index < -0.39 is 12.6 Å². The number of carbonyl (C=O) groups is 1. The number of esters is 1. The first-order valence-electron chi connectivity index (χ1n) is 4.26. The Morgan fingerprint density at radius 1 is 1.53 bits per heavy atom. The molecule has 0 unspecified atom stereocenters. The lowest BCUT2D eigenvalue weighted by molar-refractivity contribution is -0.0505. The topological polar surface area (TPSA) is 59.3 Å². The smallest absolute Gasteiger partial charge is 0.387 e. The summed E-state index contributed by atoms with van der Waals surface area (Å²) in [6.45, 7) is -3.05. The van der Waals surface area contributed by atoms with Crippen molar-refractivity contribution in [3.8, 4) is 11.8 Å². The van der Waals surface area contributed by atoms with Gasteiger partial charge in [0.2, 0.25) is 0 Å². The SMILES string of the molecule is COC(=O)c1cc(Br)c(OC(F)F)c(C#N)c1. The van der Waals surface area contributed by atoms with Gasteiger partial charge in [-0.25, -0.2) is 4.79 Å². The Bertz CT molecular complexity index is 485. The minimum Gasteiger partial charge on any atom is -0.465 e. The van der Waals surface area contributed by atoms with Gasteiger partial charge in [-0.2, -0.15) is 14.0 Å². The molecule has 7 heteroatoms. The molecule has 0 aromatic heterocycles. The fourth-order valence-corrected chi connectivity index (χ4v) is 1.67. The van der Waals surface area contributed by atoms with Crippen molar-refractivity contribution in [3.05, 3.63) is 27.7 Å². The number of halogens is 3. The zero-order valence-electron chi connectivity index (χ0n) is 8.54. The molecule has 1 rings (SSSR count). The second-order valence-corrected chi connectivity index (χ2v) is 3.67. The summed E-state index contributed by atoms with van der Waals surface area (Å²) in [7, 11) is 1.17. The maximum atomic E-state index is 12.1. The second-order valence-electron chi connectivity index (χ2n) is 2.82. The first kappa shape index (κ1) is 13.4. The normalized spacial score (nSPS) is 9.88. The number of rotatable bonds is 3. The van der Waals surface area contributed by atoms with Crippen molar-refractivity contribution in [2.75, 3.05) is 7.11 Å². The monoisotopic (exact) mass is 305 g/mol. The summed E-state index contributed by atoms with van der Waals surface area (Å²) in [5, 5.41) is 8.79. The summed E-state index contributed by atoms with van der Waals surface area (Å²) >= 11 is 2.95. The molecular formula is C10H6BrF2NO3. The van der Waals surface area contributed by atoms with Crippen LogP contribution < -0.4 is 4.74 Å². The van der Waals surface area contributed by atoms with Gasteiger partial charge in [0.25, 0.3) is 0 Å². The third-order valence-corrected chi connectivity index (χ3v) is 2.38. The molecular weight excluding hydrogens is 300 g/mol. The van der Waals surface area contributed by atoms with Gasteiger partial charge >= 0.3 is 12.6 Å². The van der Waals surface area contributed by atoms with Gasteiger partial charge in [-0.3, -0.25) is 0 Å². The number of hydrogen-bond donors (Lipinski definition) is 0. The van der Waals surface area contributed by atoms with Crippen molar-refractivity contribution in [3.63, 3.8) is 0 Å². The number of hydrogen-bond acceptors (Lipinski definition) is 4.